The Bertz CT molecular complexity index is 581. The lowest BCUT2D eigenvalue weighted by Crippen LogP contribution is -2.03. The summed E-state index contributed by atoms with van der Waals surface area (Å²) < 4.78 is 0. The third-order valence-electron chi connectivity index (χ3n) is 2.33. The van der Waals surface area contributed by atoms with Crippen LogP contribution in [0.25, 0.3) is 0 Å². The van der Waals surface area contributed by atoms with Crippen LogP contribution in [0.3, 0.4) is 0 Å². The van der Waals surface area contributed by atoms with Gasteiger partial charge in [-0.3, -0.25) is 9.78 Å². The normalized spacial score (nSPS) is 10.3. The van der Waals surface area contributed by atoms with E-state index in [0.717, 1.165) is 5.69 Å². The second-order valence-corrected chi connectivity index (χ2v) is 4.48. The van der Waals surface area contributed by atoms with Gasteiger partial charge in [0.15, 0.2) is 5.78 Å². The number of ketones is 1. The van der Waals surface area contributed by atoms with Crippen molar-refractivity contribution in [2.75, 3.05) is 0 Å². The number of hydrogen-bond acceptors (Lipinski definition) is 2. The van der Waals surface area contributed by atoms with Crippen molar-refractivity contribution >= 4 is 29.0 Å². The average molecular weight is 266 g/mol. The van der Waals surface area contributed by atoms with Gasteiger partial charge in [-0.15, -0.1) is 0 Å². The summed E-state index contributed by atoms with van der Waals surface area (Å²) in [5, 5.41) is 0.886. The van der Waals surface area contributed by atoms with E-state index in [9.17, 15) is 4.79 Å². The van der Waals surface area contributed by atoms with Crippen LogP contribution in [0.1, 0.15) is 21.6 Å². The van der Waals surface area contributed by atoms with Gasteiger partial charge in [-0.05, 0) is 37.3 Å². The molecule has 0 aliphatic heterocycles. The Kier molecular flexibility index (Phi) is 3.46. The van der Waals surface area contributed by atoms with E-state index >= 15 is 0 Å². The van der Waals surface area contributed by atoms with Crippen molar-refractivity contribution in [3.05, 3.63) is 63.4 Å². The minimum absolute atomic E-state index is 0.150. The Labute approximate surface area is 109 Å². The van der Waals surface area contributed by atoms with Crippen LogP contribution in [0.4, 0.5) is 0 Å². The van der Waals surface area contributed by atoms with E-state index in [1.165, 1.54) is 0 Å². The highest BCUT2D eigenvalue weighted by Crippen LogP contribution is 2.23. The van der Waals surface area contributed by atoms with Gasteiger partial charge in [0.25, 0.3) is 0 Å². The smallest absolute Gasteiger partial charge is 0.194 e. The van der Waals surface area contributed by atoms with Crippen LogP contribution in [-0.2, 0) is 0 Å². The molecule has 0 unspecified atom stereocenters. The Morgan fingerprint density at radius 1 is 1.18 bits per heavy atom. The van der Waals surface area contributed by atoms with E-state index in [1.807, 2.05) is 6.92 Å². The molecule has 17 heavy (non-hydrogen) atoms. The minimum Gasteiger partial charge on any atom is -0.289 e. The van der Waals surface area contributed by atoms with Gasteiger partial charge in [0.2, 0.25) is 0 Å². The van der Waals surface area contributed by atoms with E-state index in [-0.39, 0.29) is 5.78 Å². The van der Waals surface area contributed by atoms with Gasteiger partial charge in [0.1, 0.15) is 0 Å². The number of nitrogens with zero attached hydrogens (tertiary/aromatic N) is 1. The van der Waals surface area contributed by atoms with Crippen molar-refractivity contribution in [2.45, 2.75) is 6.92 Å². The van der Waals surface area contributed by atoms with Gasteiger partial charge < -0.3 is 0 Å². The Morgan fingerprint density at radius 2 is 1.94 bits per heavy atom. The fourth-order valence-corrected chi connectivity index (χ4v) is 1.89. The number of pyridine rings is 1. The topological polar surface area (TPSA) is 30.0 Å². The van der Waals surface area contributed by atoms with Gasteiger partial charge in [-0.2, -0.15) is 0 Å². The first-order valence-corrected chi connectivity index (χ1v) is 5.76. The maximum absolute atomic E-state index is 12.2. The van der Waals surface area contributed by atoms with Crippen molar-refractivity contribution in [3.8, 4) is 0 Å². The molecule has 0 spiro atoms. The predicted molar refractivity (Wildman–Crippen MR) is 68.9 cm³/mol. The van der Waals surface area contributed by atoms with Gasteiger partial charge in [0, 0.05) is 28.0 Å². The van der Waals surface area contributed by atoms with Crippen LogP contribution in [0.15, 0.2) is 36.5 Å². The van der Waals surface area contributed by atoms with Crippen LogP contribution in [0.5, 0.6) is 0 Å². The summed E-state index contributed by atoms with van der Waals surface area (Å²) in [5.74, 6) is -0.150. The van der Waals surface area contributed by atoms with Crippen LogP contribution in [-0.4, -0.2) is 10.8 Å². The molecule has 0 fully saturated rings. The second kappa shape index (κ2) is 4.86. The number of rotatable bonds is 2. The van der Waals surface area contributed by atoms with E-state index in [4.69, 9.17) is 23.2 Å². The summed E-state index contributed by atoms with van der Waals surface area (Å²) in [6.45, 7) is 1.83. The van der Waals surface area contributed by atoms with Gasteiger partial charge >= 0.3 is 0 Å². The van der Waals surface area contributed by atoms with E-state index in [2.05, 4.69) is 4.98 Å². The lowest BCUT2D eigenvalue weighted by atomic mass is 10.0. The zero-order valence-electron chi connectivity index (χ0n) is 9.08. The zero-order valence-corrected chi connectivity index (χ0v) is 10.6. The molecule has 2 rings (SSSR count). The largest absolute Gasteiger partial charge is 0.289 e. The molecule has 1 aromatic heterocycles. The number of aromatic nitrogens is 1. The molecule has 0 aliphatic carbocycles. The van der Waals surface area contributed by atoms with Crippen LogP contribution >= 0.6 is 23.2 Å². The average Bonchev–Trinajstić information content (AvgIpc) is 2.31. The molecule has 0 N–H and O–H groups in total. The van der Waals surface area contributed by atoms with Crippen molar-refractivity contribution in [3.63, 3.8) is 0 Å². The molecule has 86 valence electrons. The number of aryl methyl sites for hydroxylation is 1. The maximum Gasteiger partial charge on any atom is 0.194 e. The molecule has 0 saturated carbocycles. The molecule has 4 heteroatoms. The van der Waals surface area contributed by atoms with Crippen molar-refractivity contribution < 1.29 is 4.79 Å². The Morgan fingerprint density at radius 3 is 2.65 bits per heavy atom. The number of halogens is 2. The monoisotopic (exact) mass is 265 g/mol. The fourth-order valence-electron chi connectivity index (χ4n) is 1.51. The highest BCUT2D eigenvalue weighted by molar-refractivity contribution is 6.36. The first kappa shape index (κ1) is 12.1. The lowest BCUT2D eigenvalue weighted by molar-refractivity contribution is 0.103. The molecule has 0 aliphatic rings. The van der Waals surface area contributed by atoms with Gasteiger partial charge in [-0.1, -0.05) is 23.2 Å². The minimum atomic E-state index is -0.150. The molecule has 1 heterocycles. The molecule has 2 aromatic rings. The summed E-state index contributed by atoms with van der Waals surface area (Å²) in [4.78, 5) is 16.2. The number of carbonyl (C=O) groups excluding carboxylic acids is 1. The molecule has 0 bridgehead atoms. The third-order valence-corrected chi connectivity index (χ3v) is 2.90. The molecule has 2 nitrogen and oxygen atoms in total. The van der Waals surface area contributed by atoms with Crippen LogP contribution < -0.4 is 0 Å². The lowest BCUT2D eigenvalue weighted by Gasteiger charge is -2.04. The van der Waals surface area contributed by atoms with Gasteiger partial charge in [0.05, 0.1) is 5.02 Å². The SMILES string of the molecule is Cc1cc(C(=O)c2cc(Cl)ccc2Cl)ccn1. The van der Waals surface area contributed by atoms with E-state index < -0.39 is 0 Å². The summed E-state index contributed by atoms with van der Waals surface area (Å²) in [6.07, 6.45) is 1.60. The maximum atomic E-state index is 12.2. The van der Waals surface area contributed by atoms with Crippen LogP contribution in [0, 0.1) is 6.92 Å². The van der Waals surface area contributed by atoms with E-state index in [1.54, 1.807) is 36.5 Å². The number of benzene rings is 1. The molecule has 0 amide bonds. The van der Waals surface area contributed by atoms with Crippen molar-refractivity contribution in [1.29, 1.82) is 0 Å². The molecular formula is C13H9Cl2NO. The fraction of sp³-hybridized carbons (Fsp3) is 0.0769. The summed E-state index contributed by atoms with van der Waals surface area (Å²) in [7, 11) is 0. The number of carbonyl (C=O) groups is 1. The summed E-state index contributed by atoms with van der Waals surface area (Å²) >= 11 is 11.8. The predicted octanol–water partition coefficient (Wildman–Crippen LogP) is 3.93. The van der Waals surface area contributed by atoms with Gasteiger partial charge in [-0.25, -0.2) is 0 Å². The Hall–Kier alpha value is -1.38. The van der Waals surface area contributed by atoms with Crippen molar-refractivity contribution in [2.24, 2.45) is 0 Å². The van der Waals surface area contributed by atoms with Crippen LogP contribution in [0.2, 0.25) is 10.0 Å². The molecule has 0 saturated heterocycles. The van der Waals surface area contributed by atoms with E-state index in [0.29, 0.717) is 21.2 Å². The molecule has 0 atom stereocenters. The zero-order chi connectivity index (χ0) is 12.4. The second-order valence-electron chi connectivity index (χ2n) is 3.64. The summed E-state index contributed by atoms with van der Waals surface area (Å²) in [6, 6.07) is 8.22. The van der Waals surface area contributed by atoms with Crippen molar-refractivity contribution in [1.82, 2.24) is 4.98 Å². The molecular weight excluding hydrogens is 257 g/mol. The Balaban J connectivity index is 2.47. The quantitative estimate of drug-likeness (QED) is 0.771. The molecule has 1 aromatic carbocycles. The highest BCUT2D eigenvalue weighted by atomic mass is 35.5. The molecule has 0 radical (unpaired) electrons. The third kappa shape index (κ3) is 2.65. The standard InChI is InChI=1S/C13H9Cl2NO/c1-8-6-9(4-5-16-8)13(17)11-7-10(14)2-3-12(11)15/h2-7H,1H3. The number of hydrogen-bond donors (Lipinski definition) is 0. The first-order chi connectivity index (χ1) is 8.08. The highest BCUT2D eigenvalue weighted by Gasteiger charge is 2.13. The first-order valence-electron chi connectivity index (χ1n) is 5.00. The summed E-state index contributed by atoms with van der Waals surface area (Å²) in [5.41, 5.74) is 1.75.